The zero-order valence-electron chi connectivity index (χ0n) is 15.2. The van der Waals surface area contributed by atoms with Gasteiger partial charge >= 0.3 is 11.9 Å². The van der Waals surface area contributed by atoms with Crippen LogP contribution in [0.25, 0.3) is 0 Å². The van der Waals surface area contributed by atoms with Gasteiger partial charge in [0.15, 0.2) is 0 Å². The van der Waals surface area contributed by atoms with Crippen molar-refractivity contribution in [1.29, 1.82) is 0 Å². The van der Waals surface area contributed by atoms with E-state index in [1.165, 1.54) is 11.1 Å². The minimum atomic E-state index is -1.26. The van der Waals surface area contributed by atoms with Gasteiger partial charge in [-0.05, 0) is 11.1 Å². The Bertz CT molecular complexity index is 794. The maximum atomic E-state index is 12.2. The summed E-state index contributed by atoms with van der Waals surface area (Å²) in [6, 6.07) is 20.5. The highest BCUT2D eigenvalue weighted by Crippen LogP contribution is 2.40. The lowest BCUT2D eigenvalue weighted by atomic mass is 9.74. The fourth-order valence-corrected chi connectivity index (χ4v) is 3.22. The number of aliphatic carboxylic acids is 2. The highest BCUT2D eigenvalue weighted by atomic mass is 16.4. The van der Waals surface area contributed by atoms with E-state index in [9.17, 15) is 14.4 Å². The molecular formula is C21H22N2O5. The largest absolute Gasteiger partial charge is 0.478 e. The molecular weight excluding hydrogens is 360 g/mol. The summed E-state index contributed by atoms with van der Waals surface area (Å²) in [6.45, 7) is 0.927. The predicted octanol–water partition coefficient (Wildman–Crippen LogP) is 1.83. The third-order valence-corrected chi connectivity index (χ3v) is 4.51. The van der Waals surface area contributed by atoms with Crippen molar-refractivity contribution >= 4 is 17.8 Å². The van der Waals surface area contributed by atoms with Gasteiger partial charge in [0.1, 0.15) is 0 Å². The monoisotopic (exact) mass is 382 g/mol. The number of benzene rings is 2. The molecule has 1 aliphatic rings. The summed E-state index contributed by atoms with van der Waals surface area (Å²) in [5.41, 5.74) is 7.78. The van der Waals surface area contributed by atoms with Crippen LogP contribution in [0.2, 0.25) is 0 Å². The number of carbonyl (C=O) groups excluding carboxylic acids is 1. The van der Waals surface area contributed by atoms with Crippen molar-refractivity contribution in [3.63, 3.8) is 0 Å². The van der Waals surface area contributed by atoms with Crippen molar-refractivity contribution in [3.05, 3.63) is 83.9 Å². The molecule has 7 nitrogen and oxygen atoms in total. The Kier molecular flexibility index (Phi) is 7.06. The maximum Gasteiger partial charge on any atom is 0.328 e. The summed E-state index contributed by atoms with van der Waals surface area (Å²) in [7, 11) is 0. The Hall–Kier alpha value is -3.45. The highest BCUT2D eigenvalue weighted by molar-refractivity contribution is 5.89. The number of amides is 1. The first-order valence-electron chi connectivity index (χ1n) is 8.62. The first-order chi connectivity index (χ1) is 13.4. The molecule has 0 atom stereocenters. The molecule has 0 bridgehead atoms. The van der Waals surface area contributed by atoms with Crippen LogP contribution < -0.4 is 5.73 Å². The Balaban J connectivity index is 0.000000300. The second-order valence-corrected chi connectivity index (χ2v) is 6.28. The van der Waals surface area contributed by atoms with E-state index in [0.29, 0.717) is 25.1 Å². The number of carboxylic acid groups (broad SMARTS) is 2. The number of hydrogen-bond donors (Lipinski definition) is 3. The molecule has 146 valence electrons. The summed E-state index contributed by atoms with van der Waals surface area (Å²) < 4.78 is 0. The average Bonchev–Trinajstić information content (AvgIpc) is 3.06. The standard InChI is InChI=1S/C17H18N2O.C4H4O4/c18-13-19-12-17(11-16(19)20,14-7-3-1-4-8-14)15-9-5-2-6-10-15;5-3(6)1-2-4(7)8/h1-10H,11-13,18H2;1-2H,(H,5,6)(H,7,8)/b;2-1-. The van der Waals surface area contributed by atoms with Crippen molar-refractivity contribution in [1.82, 2.24) is 4.90 Å². The van der Waals surface area contributed by atoms with E-state index in [0.717, 1.165) is 0 Å². The average molecular weight is 382 g/mol. The van der Waals surface area contributed by atoms with Crippen LogP contribution in [0.1, 0.15) is 17.5 Å². The third kappa shape index (κ3) is 5.05. The number of hydrogen-bond acceptors (Lipinski definition) is 4. The first kappa shape index (κ1) is 20.9. The first-order valence-corrected chi connectivity index (χ1v) is 8.62. The van der Waals surface area contributed by atoms with Crippen LogP contribution in [-0.4, -0.2) is 46.2 Å². The number of nitrogens with two attached hydrogens (primary N) is 1. The second kappa shape index (κ2) is 9.48. The number of nitrogens with zero attached hydrogens (tertiary/aromatic N) is 1. The fourth-order valence-electron chi connectivity index (χ4n) is 3.22. The highest BCUT2D eigenvalue weighted by Gasteiger charge is 2.45. The smallest absolute Gasteiger partial charge is 0.328 e. The van der Waals surface area contributed by atoms with Crippen LogP contribution in [0.15, 0.2) is 72.8 Å². The second-order valence-electron chi connectivity index (χ2n) is 6.28. The van der Waals surface area contributed by atoms with Gasteiger partial charge in [-0.15, -0.1) is 0 Å². The molecule has 1 saturated heterocycles. The molecule has 1 heterocycles. The van der Waals surface area contributed by atoms with Crippen LogP contribution >= 0.6 is 0 Å². The summed E-state index contributed by atoms with van der Waals surface area (Å²) in [4.78, 5) is 33.1. The van der Waals surface area contributed by atoms with E-state index in [1.807, 2.05) is 36.4 Å². The van der Waals surface area contributed by atoms with Crippen LogP contribution in [0.4, 0.5) is 0 Å². The molecule has 0 unspecified atom stereocenters. The van der Waals surface area contributed by atoms with E-state index in [1.54, 1.807) is 4.90 Å². The SMILES string of the molecule is NCN1CC(c2ccccc2)(c2ccccc2)CC1=O.O=C(O)/C=C\C(=O)O. The molecule has 4 N–H and O–H groups in total. The Labute approximate surface area is 162 Å². The van der Waals surface area contributed by atoms with Crippen molar-refractivity contribution in [2.45, 2.75) is 11.8 Å². The van der Waals surface area contributed by atoms with E-state index in [-0.39, 0.29) is 18.0 Å². The van der Waals surface area contributed by atoms with Crippen LogP contribution in [0.5, 0.6) is 0 Å². The number of likely N-dealkylation sites (tertiary alicyclic amines) is 1. The number of carbonyl (C=O) groups is 3. The molecule has 7 heteroatoms. The van der Waals surface area contributed by atoms with E-state index in [2.05, 4.69) is 24.3 Å². The predicted molar refractivity (Wildman–Crippen MR) is 103 cm³/mol. The van der Waals surface area contributed by atoms with Gasteiger partial charge in [-0.3, -0.25) is 4.79 Å². The summed E-state index contributed by atoms with van der Waals surface area (Å²) in [5, 5.41) is 15.6. The molecule has 1 fully saturated rings. The van der Waals surface area contributed by atoms with Crippen molar-refractivity contribution < 1.29 is 24.6 Å². The summed E-state index contributed by atoms with van der Waals surface area (Å²) in [6.07, 6.45) is 1.60. The molecule has 2 aromatic carbocycles. The molecule has 0 saturated carbocycles. The van der Waals surface area contributed by atoms with Gasteiger partial charge in [-0.25, -0.2) is 9.59 Å². The zero-order valence-corrected chi connectivity index (χ0v) is 15.2. The van der Waals surface area contributed by atoms with Crippen LogP contribution in [0.3, 0.4) is 0 Å². The molecule has 0 aliphatic carbocycles. The van der Waals surface area contributed by atoms with Gasteiger partial charge in [-0.1, -0.05) is 60.7 Å². The van der Waals surface area contributed by atoms with Gasteiger partial charge in [0, 0.05) is 30.5 Å². The lowest BCUT2D eigenvalue weighted by molar-refractivity contribution is -0.134. The Morgan fingerprint density at radius 2 is 1.36 bits per heavy atom. The molecule has 0 aromatic heterocycles. The van der Waals surface area contributed by atoms with Crippen LogP contribution in [-0.2, 0) is 19.8 Å². The number of rotatable bonds is 5. The number of carboxylic acids is 2. The van der Waals surface area contributed by atoms with Gasteiger partial charge < -0.3 is 20.8 Å². The van der Waals surface area contributed by atoms with Gasteiger partial charge in [0.25, 0.3) is 0 Å². The normalized spacial score (nSPS) is 15.2. The lowest BCUT2D eigenvalue weighted by Gasteiger charge is -2.30. The minimum absolute atomic E-state index is 0.125. The van der Waals surface area contributed by atoms with Gasteiger partial charge in [-0.2, -0.15) is 0 Å². The van der Waals surface area contributed by atoms with Crippen molar-refractivity contribution in [3.8, 4) is 0 Å². The molecule has 0 spiro atoms. The summed E-state index contributed by atoms with van der Waals surface area (Å²) >= 11 is 0. The van der Waals surface area contributed by atoms with Crippen LogP contribution in [0, 0.1) is 0 Å². The topological polar surface area (TPSA) is 121 Å². The Morgan fingerprint density at radius 1 is 0.929 bits per heavy atom. The fraction of sp³-hybridized carbons (Fsp3) is 0.190. The minimum Gasteiger partial charge on any atom is -0.478 e. The quantitative estimate of drug-likeness (QED) is 0.679. The van der Waals surface area contributed by atoms with Crippen molar-refractivity contribution in [2.75, 3.05) is 13.2 Å². The van der Waals surface area contributed by atoms with E-state index < -0.39 is 11.9 Å². The molecule has 0 radical (unpaired) electrons. The third-order valence-electron chi connectivity index (χ3n) is 4.51. The van der Waals surface area contributed by atoms with E-state index >= 15 is 0 Å². The van der Waals surface area contributed by atoms with Gasteiger partial charge in [0.2, 0.25) is 5.91 Å². The maximum absolute atomic E-state index is 12.2. The lowest BCUT2D eigenvalue weighted by Crippen LogP contribution is -2.35. The molecule has 1 aliphatic heterocycles. The van der Waals surface area contributed by atoms with Gasteiger partial charge in [0.05, 0.1) is 6.67 Å². The molecule has 1 amide bonds. The zero-order chi connectivity index (χ0) is 20.6. The van der Waals surface area contributed by atoms with E-state index in [4.69, 9.17) is 15.9 Å². The molecule has 3 rings (SSSR count). The van der Waals surface area contributed by atoms with Crippen molar-refractivity contribution in [2.24, 2.45) is 5.73 Å². The molecule has 28 heavy (non-hydrogen) atoms. The summed E-state index contributed by atoms with van der Waals surface area (Å²) in [5.74, 6) is -2.39. The molecule has 2 aromatic rings. The Morgan fingerprint density at radius 3 is 1.68 bits per heavy atom.